The van der Waals surface area contributed by atoms with Crippen LogP contribution in [0.5, 0.6) is 0 Å². The second-order valence-corrected chi connectivity index (χ2v) is 7.99. The van der Waals surface area contributed by atoms with Crippen molar-refractivity contribution < 1.29 is 14.1 Å². The molecule has 0 spiro atoms. The molecule has 0 saturated carbocycles. The SMILES string of the molecule is Cc1cc(C=NNC(=O)c2cc3cc([N+](=O)[O-])ccc3s2)c(C)n1-c1ccccc1F. The highest BCUT2D eigenvalue weighted by atomic mass is 32.1. The van der Waals surface area contributed by atoms with Crippen LogP contribution in [-0.2, 0) is 0 Å². The van der Waals surface area contributed by atoms with E-state index in [9.17, 15) is 19.3 Å². The number of amides is 1. The summed E-state index contributed by atoms with van der Waals surface area (Å²) in [5, 5.41) is 15.6. The van der Waals surface area contributed by atoms with Crippen LogP contribution in [0.3, 0.4) is 0 Å². The van der Waals surface area contributed by atoms with E-state index in [1.54, 1.807) is 34.9 Å². The fourth-order valence-electron chi connectivity index (χ4n) is 3.39. The molecule has 9 heteroatoms. The Hall–Kier alpha value is -3.85. The first-order valence-electron chi connectivity index (χ1n) is 9.30. The number of halogens is 1. The van der Waals surface area contributed by atoms with Crippen LogP contribution in [0, 0.1) is 29.8 Å². The molecule has 0 unspecified atom stereocenters. The van der Waals surface area contributed by atoms with E-state index in [2.05, 4.69) is 10.5 Å². The molecule has 7 nitrogen and oxygen atoms in total. The molecule has 1 amide bonds. The minimum Gasteiger partial charge on any atom is -0.315 e. The Morgan fingerprint density at radius 2 is 1.97 bits per heavy atom. The molecule has 4 aromatic rings. The van der Waals surface area contributed by atoms with Gasteiger partial charge in [-0.3, -0.25) is 14.9 Å². The monoisotopic (exact) mass is 436 g/mol. The number of aryl methyl sites for hydroxylation is 1. The fraction of sp³-hybridized carbons (Fsp3) is 0.0909. The summed E-state index contributed by atoms with van der Waals surface area (Å²) in [4.78, 5) is 23.3. The van der Waals surface area contributed by atoms with Crippen LogP contribution in [0.4, 0.5) is 10.1 Å². The van der Waals surface area contributed by atoms with E-state index in [1.807, 2.05) is 19.9 Å². The highest BCUT2D eigenvalue weighted by molar-refractivity contribution is 7.20. The van der Waals surface area contributed by atoms with Crippen LogP contribution in [0.2, 0.25) is 0 Å². The number of hydrazone groups is 1. The van der Waals surface area contributed by atoms with Gasteiger partial charge in [0.1, 0.15) is 5.82 Å². The Balaban J connectivity index is 1.53. The first-order chi connectivity index (χ1) is 14.8. The zero-order chi connectivity index (χ0) is 22.1. The van der Waals surface area contributed by atoms with Gasteiger partial charge >= 0.3 is 0 Å². The van der Waals surface area contributed by atoms with Gasteiger partial charge in [-0.25, -0.2) is 9.82 Å². The summed E-state index contributed by atoms with van der Waals surface area (Å²) < 4.78 is 16.8. The van der Waals surface area contributed by atoms with Crippen molar-refractivity contribution in [1.82, 2.24) is 9.99 Å². The van der Waals surface area contributed by atoms with Gasteiger partial charge in [-0.05, 0) is 44.2 Å². The topological polar surface area (TPSA) is 89.5 Å². The number of thiophene rings is 1. The Bertz CT molecular complexity index is 1360. The number of hydrogen-bond donors (Lipinski definition) is 1. The van der Waals surface area contributed by atoms with Crippen molar-refractivity contribution in [2.24, 2.45) is 5.10 Å². The van der Waals surface area contributed by atoms with Crippen molar-refractivity contribution in [3.63, 3.8) is 0 Å². The van der Waals surface area contributed by atoms with E-state index in [0.29, 0.717) is 16.0 Å². The molecule has 156 valence electrons. The average molecular weight is 436 g/mol. The largest absolute Gasteiger partial charge is 0.315 e. The molecular weight excluding hydrogens is 419 g/mol. The summed E-state index contributed by atoms with van der Waals surface area (Å²) in [5.74, 6) is -0.742. The summed E-state index contributed by atoms with van der Waals surface area (Å²) in [5.41, 5.74) is 5.26. The smallest absolute Gasteiger partial charge is 0.281 e. The Morgan fingerprint density at radius 1 is 1.19 bits per heavy atom. The zero-order valence-corrected chi connectivity index (χ0v) is 17.4. The molecule has 0 bridgehead atoms. The number of nitrogens with one attached hydrogen (secondary N) is 1. The van der Waals surface area contributed by atoms with E-state index in [4.69, 9.17) is 0 Å². The van der Waals surface area contributed by atoms with Crippen molar-refractivity contribution in [1.29, 1.82) is 0 Å². The average Bonchev–Trinajstić information content (AvgIpc) is 3.29. The normalized spacial score (nSPS) is 11.3. The molecule has 1 N–H and O–H groups in total. The van der Waals surface area contributed by atoms with Gasteiger partial charge in [0.15, 0.2) is 0 Å². The van der Waals surface area contributed by atoms with Gasteiger partial charge in [0, 0.05) is 39.2 Å². The molecule has 2 aromatic carbocycles. The number of hydrogen-bond acceptors (Lipinski definition) is 5. The number of benzene rings is 2. The van der Waals surface area contributed by atoms with Gasteiger partial charge in [0.2, 0.25) is 0 Å². The number of carbonyl (C=O) groups excluding carboxylic acids is 1. The minimum absolute atomic E-state index is 0.0273. The van der Waals surface area contributed by atoms with E-state index in [-0.39, 0.29) is 11.5 Å². The van der Waals surface area contributed by atoms with E-state index >= 15 is 0 Å². The molecule has 0 saturated heterocycles. The number of carbonyl (C=O) groups is 1. The molecule has 4 rings (SSSR count). The van der Waals surface area contributed by atoms with E-state index < -0.39 is 10.8 Å². The van der Waals surface area contributed by atoms with Crippen LogP contribution in [-0.4, -0.2) is 21.6 Å². The third kappa shape index (κ3) is 3.95. The second-order valence-electron chi connectivity index (χ2n) is 6.90. The number of nitro benzene ring substituents is 1. The van der Waals surface area contributed by atoms with Gasteiger partial charge < -0.3 is 4.57 Å². The lowest BCUT2D eigenvalue weighted by Gasteiger charge is -2.10. The van der Waals surface area contributed by atoms with Crippen LogP contribution in [0.1, 0.15) is 26.6 Å². The number of rotatable bonds is 5. The van der Waals surface area contributed by atoms with Gasteiger partial charge in [0.05, 0.1) is 21.7 Å². The fourth-order valence-corrected chi connectivity index (χ4v) is 4.33. The highest BCUT2D eigenvalue weighted by Gasteiger charge is 2.14. The molecule has 0 aliphatic rings. The van der Waals surface area contributed by atoms with Crippen molar-refractivity contribution in [3.05, 3.63) is 92.4 Å². The van der Waals surface area contributed by atoms with Crippen molar-refractivity contribution >= 4 is 39.2 Å². The second kappa shape index (κ2) is 8.11. The van der Waals surface area contributed by atoms with Gasteiger partial charge in [-0.1, -0.05) is 12.1 Å². The summed E-state index contributed by atoms with van der Waals surface area (Å²) >= 11 is 1.23. The maximum atomic E-state index is 14.2. The Morgan fingerprint density at radius 3 is 2.71 bits per heavy atom. The highest BCUT2D eigenvalue weighted by Crippen LogP contribution is 2.29. The standard InChI is InChI=1S/C22H17FN4O3S/c1-13-9-16(14(2)26(13)19-6-4-3-5-18(19)23)12-24-25-22(28)21-11-15-10-17(27(29)30)7-8-20(15)31-21/h3-12H,1-2H3,(H,25,28). The number of non-ortho nitro benzene ring substituents is 1. The molecule has 0 radical (unpaired) electrons. The lowest BCUT2D eigenvalue weighted by atomic mass is 10.2. The predicted octanol–water partition coefficient (Wildman–Crippen LogP) is 5.12. The number of fused-ring (bicyclic) bond motifs is 1. The molecule has 0 aliphatic carbocycles. The lowest BCUT2D eigenvalue weighted by Crippen LogP contribution is -2.16. The Labute approximate surface area is 180 Å². The number of para-hydroxylation sites is 1. The number of nitrogens with zero attached hydrogens (tertiary/aromatic N) is 3. The zero-order valence-electron chi connectivity index (χ0n) is 16.6. The van der Waals surface area contributed by atoms with Gasteiger partial charge in [-0.15, -0.1) is 11.3 Å². The number of aromatic nitrogens is 1. The summed E-state index contributed by atoms with van der Waals surface area (Å²) in [7, 11) is 0. The van der Waals surface area contributed by atoms with Crippen LogP contribution in [0.15, 0.2) is 59.7 Å². The maximum absolute atomic E-state index is 14.2. The Kier molecular flexibility index (Phi) is 5.35. The van der Waals surface area contributed by atoms with Crippen molar-refractivity contribution in [2.45, 2.75) is 13.8 Å². The van der Waals surface area contributed by atoms with Crippen molar-refractivity contribution in [2.75, 3.05) is 0 Å². The first-order valence-corrected chi connectivity index (χ1v) is 10.1. The molecular formula is C22H17FN4O3S. The third-order valence-electron chi connectivity index (χ3n) is 4.87. The molecule has 0 fully saturated rings. The van der Waals surface area contributed by atoms with E-state index in [1.165, 1.54) is 35.8 Å². The molecule has 31 heavy (non-hydrogen) atoms. The van der Waals surface area contributed by atoms with Crippen LogP contribution >= 0.6 is 11.3 Å². The summed E-state index contributed by atoms with van der Waals surface area (Å²) in [6.07, 6.45) is 1.51. The molecule has 0 atom stereocenters. The number of nitro groups is 1. The minimum atomic E-state index is -0.473. The summed E-state index contributed by atoms with van der Waals surface area (Å²) in [6.45, 7) is 3.72. The summed E-state index contributed by atoms with van der Waals surface area (Å²) in [6, 6.07) is 14.4. The molecule has 0 aliphatic heterocycles. The quantitative estimate of drug-likeness (QED) is 0.267. The van der Waals surface area contributed by atoms with Crippen LogP contribution < -0.4 is 5.43 Å². The first kappa shape index (κ1) is 20.4. The van der Waals surface area contributed by atoms with Gasteiger partial charge in [0.25, 0.3) is 11.6 Å². The molecule has 2 aromatic heterocycles. The van der Waals surface area contributed by atoms with E-state index in [0.717, 1.165) is 21.7 Å². The molecule has 2 heterocycles. The van der Waals surface area contributed by atoms with Crippen molar-refractivity contribution in [3.8, 4) is 5.69 Å². The lowest BCUT2D eigenvalue weighted by molar-refractivity contribution is -0.384. The predicted molar refractivity (Wildman–Crippen MR) is 119 cm³/mol. The van der Waals surface area contributed by atoms with Gasteiger partial charge in [-0.2, -0.15) is 5.10 Å². The maximum Gasteiger partial charge on any atom is 0.281 e. The van der Waals surface area contributed by atoms with Crippen LogP contribution in [0.25, 0.3) is 15.8 Å². The third-order valence-corrected chi connectivity index (χ3v) is 5.98.